The van der Waals surface area contributed by atoms with Crippen LogP contribution in [0.1, 0.15) is 40.3 Å². The second-order valence-electron chi connectivity index (χ2n) is 5.82. The highest BCUT2D eigenvalue weighted by molar-refractivity contribution is 8.13. The third kappa shape index (κ3) is 3.98. The monoisotopic (exact) mass is 340 g/mol. The van der Waals surface area contributed by atoms with Crippen molar-refractivity contribution in [3.8, 4) is 0 Å². The summed E-state index contributed by atoms with van der Waals surface area (Å²) in [5, 5.41) is 4.49. The fourth-order valence-corrected chi connectivity index (χ4v) is 3.72. The summed E-state index contributed by atoms with van der Waals surface area (Å²) in [6.07, 6.45) is 0. The molecule has 1 heterocycles. The molecule has 0 spiro atoms. The normalized spacial score (nSPS) is 15.1. The van der Waals surface area contributed by atoms with Crippen molar-refractivity contribution in [1.82, 2.24) is 10.2 Å². The zero-order chi connectivity index (χ0) is 15.6. The number of amidine groups is 1. The molecular formula is C17H27ClN3S-. The Balaban J connectivity index is 0.00000242. The summed E-state index contributed by atoms with van der Waals surface area (Å²) in [6.45, 7) is 16.1. The van der Waals surface area contributed by atoms with Gasteiger partial charge in [0.15, 0.2) is 5.17 Å². The van der Waals surface area contributed by atoms with Crippen molar-refractivity contribution in [1.29, 1.82) is 0 Å². The van der Waals surface area contributed by atoms with Crippen LogP contribution in [0, 0.1) is 34.6 Å². The SMILES string of the molecule is CCN1CN=C(SCc2c(C)c(C)c(C)c(C)c2C)NC1.[Cl-]. The lowest BCUT2D eigenvalue weighted by Gasteiger charge is -2.25. The highest BCUT2D eigenvalue weighted by atomic mass is 35.5. The molecule has 1 aliphatic rings. The minimum Gasteiger partial charge on any atom is -1.00 e. The fraction of sp³-hybridized carbons (Fsp3) is 0.588. The van der Waals surface area contributed by atoms with Crippen LogP contribution < -0.4 is 17.7 Å². The molecule has 2 rings (SSSR count). The van der Waals surface area contributed by atoms with E-state index in [0.29, 0.717) is 0 Å². The van der Waals surface area contributed by atoms with Gasteiger partial charge in [0.1, 0.15) is 0 Å². The van der Waals surface area contributed by atoms with Gasteiger partial charge in [-0.15, -0.1) is 0 Å². The summed E-state index contributed by atoms with van der Waals surface area (Å²) in [6, 6.07) is 0. The van der Waals surface area contributed by atoms with E-state index >= 15 is 0 Å². The Labute approximate surface area is 145 Å². The Bertz CT molecular complexity index is 541. The topological polar surface area (TPSA) is 27.6 Å². The smallest absolute Gasteiger partial charge is 0.159 e. The number of nitrogens with one attached hydrogen (secondary N) is 1. The van der Waals surface area contributed by atoms with E-state index in [1.54, 1.807) is 0 Å². The molecule has 3 nitrogen and oxygen atoms in total. The molecule has 124 valence electrons. The lowest BCUT2D eigenvalue weighted by molar-refractivity contribution is -0.00000475. The maximum Gasteiger partial charge on any atom is 0.159 e. The molecule has 0 bridgehead atoms. The molecule has 0 aliphatic carbocycles. The Morgan fingerprint density at radius 3 is 2.00 bits per heavy atom. The molecule has 1 aromatic carbocycles. The van der Waals surface area contributed by atoms with E-state index < -0.39 is 0 Å². The molecule has 22 heavy (non-hydrogen) atoms. The molecular weight excluding hydrogens is 314 g/mol. The van der Waals surface area contributed by atoms with Crippen LogP contribution in [-0.2, 0) is 5.75 Å². The standard InChI is InChI=1S/C17H27N3S.ClH/c1-7-20-9-18-17(19-10-20)21-8-16-14(5)12(3)11(2)13(4)15(16)6;/h7-10H2,1-6H3,(H,18,19);1H/p-1. The third-order valence-electron chi connectivity index (χ3n) is 4.82. The van der Waals surface area contributed by atoms with Crippen molar-refractivity contribution in [3.63, 3.8) is 0 Å². The molecule has 0 aromatic heterocycles. The van der Waals surface area contributed by atoms with Crippen LogP contribution in [0.15, 0.2) is 4.99 Å². The van der Waals surface area contributed by atoms with E-state index in [0.717, 1.165) is 30.8 Å². The molecule has 0 unspecified atom stereocenters. The van der Waals surface area contributed by atoms with Crippen molar-refractivity contribution < 1.29 is 12.4 Å². The van der Waals surface area contributed by atoms with Crippen LogP contribution in [0.4, 0.5) is 0 Å². The van der Waals surface area contributed by atoms with Crippen LogP contribution in [0.25, 0.3) is 0 Å². The van der Waals surface area contributed by atoms with E-state index in [-0.39, 0.29) is 12.4 Å². The second-order valence-corrected chi connectivity index (χ2v) is 6.78. The van der Waals surface area contributed by atoms with Gasteiger partial charge in [0.2, 0.25) is 0 Å². The number of benzene rings is 1. The van der Waals surface area contributed by atoms with Gasteiger partial charge in [-0.3, -0.25) is 4.90 Å². The van der Waals surface area contributed by atoms with Crippen molar-refractivity contribution in [2.75, 3.05) is 19.9 Å². The molecule has 1 aliphatic heterocycles. The summed E-state index contributed by atoms with van der Waals surface area (Å²) in [5.41, 5.74) is 8.66. The lowest BCUT2D eigenvalue weighted by atomic mass is 9.90. The van der Waals surface area contributed by atoms with Crippen LogP contribution >= 0.6 is 11.8 Å². The average molecular weight is 341 g/mol. The van der Waals surface area contributed by atoms with Gasteiger partial charge in [-0.25, -0.2) is 4.99 Å². The van der Waals surface area contributed by atoms with Crippen LogP contribution in [-0.4, -0.2) is 29.9 Å². The summed E-state index contributed by atoms with van der Waals surface area (Å²) in [5.74, 6) is 0.998. The largest absolute Gasteiger partial charge is 1.00 e. The van der Waals surface area contributed by atoms with Crippen LogP contribution in [0.3, 0.4) is 0 Å². The molecule has 0 fully saturated rings. The molecule has 0 amide bonds. The minimum absolute atomic E-state index is 0. The van der Waals surface area contributed by atoms with Crippen molar-refractivity contribution >= 4 is 16.9 Å². The lowest BCUT2D eigenvalue weighted by Crippen LogP contribution is -3.00. The van der Waals surface area contributed by atoms with Gasteiger partial charge in [-0.05, 0) is 74.5 Å². The predicted octanol–water partition coefficient (Wildman–Crippen LogP) is 0.662. The quantitative estimate of drug-likeness (QED) is 0.876. The molecule has 1 aromatic rings. The Hall–Kier alpha value is -0.710. The summed E-state index contributed by atoms with van der Waals surface area (Å²) < 4.78 is 0. The average Bonchev–Trinajstić information content (AvgIpc) is 2.51. The number of thioether (sulfide) groups is 1. The van der Waals surface area contributed by atoms with Gasteiger partial charge >= 0.3 is 0 Å². The zero-order valence-electron chi connectivity index (χ0n) is 14.5. The minimum atomic E-state index is 0. The number of aliphatic imine (C=N–C) groups is 1. The number of hydrogen-bond acceptors (Lipinski definition) is 4. The number of rotatable bonds is 3. The first-order valence-electron chi connectivity index (χ1n) is 7.65. The third-order valence-corrected chi connectivity index (χ3v) is 5.80. The summed E-state index contributed by atoms with van der Waals surface area (Å²) in [4.78, 5) is 6.89. The number of nitrogens with zero attached hydrogens (tertiary/aromatic N) is 2. The zero-order valence-corrected chi connectivity index (χ0v) is 16.1. The molecule has 0 saturated carbocycles. The van der Waals surface area contributed by atoms with E-state index in [1.165, 1.54) is 33.4 Å². The van der Waals surface area contributed by atoms with Gasteiger partial charge in [-0.2, -0.15) is 0 Å². The summed E-state index contributed by atoms with van der Waals surface area (Å²) >= 11 is 1.83. The maximum absolute atomic E-state index is 4.61. The van der Waals surface area contributed by atoms with Crippen LogP contribution in [0.5, 0.6) is 0 Å². The van der Waals surface area contributed by atoms with Gasteiger partial charge in [0.25, 0.3) is 0 Å². The van der Waals surface area contributed by atoms with Crippen molar-refractivity contribution in [2.45, 2.75) is 47.3 Å². The van der Waals surface area contributed by atoms with E-state index in [9.17, 15) is 0 Å². The second kappa shape index (κ2) is 8.23. The van der Waals surface area contributed by atoms with Gasteiger partial charge in [0, 0.05) is 5.75 Å². The van der Waals surface area contributed by atoms with Crippen LogP contribution in [0.2, 0.25) is 0 Å². The molecule has 1 N–H and O–H groups in total. The molecule has 0 atom stereocenters. The Morgan fingerprint density at radius 2 is 1.55 bits per heavy atom. The van der Waals surface area contributed by atoms with E-state index in [2.05, 4.69) is 56.8 Å². The first-order valence-corrected chi connectivity index (χ1v) is 8.63. The van der Waals surface area contributed by atoms with E-state index in [4.69, 9.17) is 0 Å². The predicted molar refractivity (Wildman–Crippen MR) is 94.1 cm³/mol. The van der Waals surface area contributed by atoms with Crippen molar-refractivity contribution in [3.05, 3.63) is 33.4 Å². The Kier molecular flexibility index (Phi) is 7.23. The maximum atomic E-state index is 4.61. The summed E-state index contributed by atoms with van der Waals surface area (Å²) in [7, 11) is 0. The number of halogens is 1. The number of hydrogen-bond donors (Lipinski definition) is 1. The molecule has 5 heteroatoms. The first-order chi connectivity index (χ1) is 9.95. The molecule has 0 saturated heterocycles. The van der Waals surface area contributed by atoms with Gasteiger partial charge in [0.05, 0.1) is 13.3 Å². The molecule has 0 radical (unpaired) electrons. The van der Waals surface area contributed by atoms with Gasteiger partial charge in [-0.1, -0.05) is 18.7 Å². The Morgan fingerprint density at radius 1 is 1.00 bits per heavy atom. The van der Waals surface area contributed by atoms with Crippen molar-refractivity contribution in [2.24, 2.45) is 4.99 Å². The highest BCUT2D eigenvalue weighted by Crippen LogP contribution is 2.29. The first kappa shape index (κ1) is 19.3. The van der Waals surface area contributed by atoms with Gasteiger partial charge < -0.3 is 17.7 Å². The fourth-order valence-electron chi connectivity index (χ4n) is 2.69. The highest BCUT2D eigenvalue weighted by Gasteiger charge is 2.15. The van der Waals surface area contributed by atoms with E-state index in [1.807, 2.05) is 11.8 Å².